The molecule has 0 saturated carbocycles. The molecule has 0 radical (unpaired) electrons. The third-order valence-electron chi connectivity index (χ3n) is 4.30. The zero-order valence-electron chi connectivity index (χ0n) is 14.5. The van der Waals surface area contributed by atoms with Crippen LogP contribution in [0.15, 0.2) is 41.1 Å². The molecule has 1 aromatic carbocycles. The topological polar surface area (TPSA) is 76.5 Å². The van der Waals surface area contributed by atoms with Crippen LogP contribution in [-0.2, 0) is 4.74 Å². The fraction of sp³-hybridized carbons (Fsp3) is 0.389. The normalized spacial score (nSPS) is 14.9. The smallest absolute Gasteiger partial charge is 0.409 e. The molecule has 1 N–H and O–H groups in total. The largest absolute Gasteiger partial charge is 0.450 e. The number of benzene rings is 1. The van der Waals surface area contributed by atoms with Gasteiger partial charge in [-0.15, -0.1) is 0 Å². The molecule has 0 spiro atoms. The highest BCUT2D eigenvalue weighted by molar-refractivity contribution is 9.10. The minimum atomic E-state index is -0.280. The Labute approximate surface area is 160 Å². The number of ether oxygens (including phenoxy) is 1. The van der Waals surface area contributed by atoms with Crippen molar-refractivity contribution in [2.45, 2.75) is 25.8 Å². The van der Waals surface area contributed by atoms with Crippen molar-refractivity contribution in [1.82, 2.24) is 20.0 Å². The highest BCUT2D eigenvalue weighted by Gasteiger charge is 2.24. The zero-order valence-corrected chi connectivity index (χ0v) is 16.1. The van der Waals surface area contributed by atoms with Gasteiger partial charge >= 0.3 is 6.09 Å². The van der Waals surface area contributed by atoms with Gasteiger partial charge in [-0.05, 0) is 60.0 Å². The molecule has 2 aromatic rings. The number of hydrogen-bond acceptors (Lipinski definition) is 4. The molecule has 26 heavy (non-hydrogen) atoms. The van der Waals surface area contributed by atoms with Crippen molar-refractivity contribution >= 4 is 27.9 Å². The first-order valence-electron chi connectivity index (χ1n) is 8.60. The van der Waals surface area contributed by atoms with Gasteiger partial charge in [0.25, 0.3) is 5.91 Å². The maximum Gasteiger partial charge on any atom is 0.409 e. The summed E-state index contributed by atoms with van der Waals surface area (Å²) in [5, 5.41) is 7.26. The van der Waals surface area contributed by atoms with Gasteiger partial charge in [-0.1, -0.05) is 0 Å². The summed E-state index contributed by atoms with van der Waals surface area (Å²) in [6, 6.07) is 7.35. The van der Waals surface area contributed by atoms with E-state index in [1.165, 1.54) is 0 Å². The van der Waals surface area contributed by atoms with E-state index in [4.69, 9.17) is 4.74 Å². The van der Waals surface area contributed by atoms with Crippen LogP contribution in [0, 0.1) is 0 Å². The first-order valence-corrected chi connectivity index (χ1v) is 9.39. The van der Waals surface area contributed by atoms with Crippen LogP contribution < -0.4 is 5.32 Å². The quantitative estimate of drug-likeness (QED) is 0.824. The van der Waals surface area contributed by atoms with Gasteiger partial charge in [0.2, 0.25) is 0 Å². The van der Waals surface area contributed by atoms with Crippen LogP contribution in [0.25, 0.3) is 5.69 Å². The number of halogens is 1. The molecule has 138 valence electrons. The van der Waals surface area contributed by atoms with E-state index in [0.29, 0.717) is 25.3 Å². The summed E-state index contributed by atoms with van der Waals surface area (Å²) >= 11 is 3.36. The molecule has 3 rings (SSSR count). The van der Waals surface area contributed by atoms with Crippen molar-refractivity contribution in [3.05, 3.63) is 46.7 Å². The highest BCUT2D eigenvalue weighted by Crippen LogP contribution is 2.15. The van der Waals surface area contributed by atoms with Crippen molar-refractivity contribution in [1.29, 1.82) is 0 Å². The van der Waals surface area contributed by atoms with Crippen LogP contribution in [0.4, 0.5) is 4.79 Å². The van der Waals surface area contributed by atoms with Gasteiger partial charge in [0.15, 0.2) is 0 Å². The summed E-state index contributed by atoms with van der Waals surface area (Å²) in [5.41, 5.74) is 1.49. The van der Waals surface area contributed by atoms with Gasteiger partial charge in [0.05, 0.1) is 23.0 Å². The predicted molar refractivity (Wildman–Crippen MR) is 100 cm³/mol. The Morgan fingerprint density at radius 3 is 2.54 bits per heavy atom. The van der Waals surface area contributed by atoms with Crippen molar-refractivity contribution in [2.75, 3.05) is 19.7 Å². The van der Waals surface area contributed by atoms with Gasteiger partial charge in [0.1, 0.15) is 0 Å². The van der Waals surface area contributed by atoms with E-state index >= 15 is 0 Å². The lowest BCUT2D eigenvalue weighted by Gasteiger charge is -2.31. The Hall–Kier alpha value is -2.35. The Morgan fingerprint density at radius 2 is 1.96 bits per heavy atom. The molecular weight excluding hydrogens is 400 g/mol. The predicted octanol–water partition coefficient (Wildman–Crippen LogP) is 2.99. The molecule has 2 heterocycles. The summed E-state index contributed by atoms with van der Waals surface area (Å²) in [7, 11) is 0. The van der Waals surface area contributed by atoms with Crippen LogP contribution in [0.5, 0.6) is 0 Å². The number of hydrogen-bond donors (Lipinski definition) is 1. The summed E-state index contributed by atoms with van der Waals surface area (Å²) < 4.78 is 7.64. The SMILES string of the molecule is CCOC(=O)N1CCC(NC(=O)c2ccc(-n3cc(Br)cn3)cc2)CC1. The number of carbonyl (C=O) groups excluding carboxylic acids is 2. The maximum absolute atomic E-state index is 12.4. The standard InChI is InChI=1S/C18H21BrN4O3/c1-2-26-18(25)22-9-7-15(8-10-22)21-17(24)13-3-5-16(6-4-13)23-12-14(19)11-20-23/h3-6,11-12,15H,2,7-10H2,1H3,(H,21,24). The van der Waals surface area contributed by atoms with Crippen LogP contribution in [0.2, 0.25) is 0 Å². The Kier molecular flexibility index (Phi) is 5.92. The van der Waals surface area contributed by atoms with E-state index in [2.05, 4.69) is 26.3 Å². The molecule has 1 aromatic heterocycles. The minimum absolute atomic E-state index is 0.0647. The Balaban J connectivity index is 1.53. The van der Waals surface area contributed by atoms with E-state index in [0.717, 1.165) is 23.0 Å². The van der Waals surface area contributed by atoms with Crippen LogP contribution >= 0.6 is 15.9 Å². The fourth-order valence-electron chi connectivity index (χ4n) is 2.90. The number of nitrogens with one attached hydrogen (secondary N) is 1. The summed E-state index contributed by atoms with van der Waals surface area (Å²) in [6.07, 6.45) is 4.74. The number of likely N-dealkylation sites (tertiary alicyclic amines) is 1. The lowest BCUT2D eigenvalue weighted by Crippen LogP contribution is -2.46. The van der Waals surface area contributed by atoms with Gasteiger partial charge in [-0.3, -0.25) is 4.79 Å². The van der Waals surface area contributed by atoms with Crippen LogP contribution in [-0.4, -0.2) is 52.4 Å². The molecule has 0 aliphatic carbocycles. The summed E-state index contributed by atoms with van der Waals surface area (Å²) in [5.74, 6) is -0.104. The maximum atomic E-state index is 12.4. The molecular formula is C18H21BrN4O3. The van der Waals surface area contributed by atoms with Gasteiger partial charge in [-0.25, -0.2) is 9.48 Å². The van der Waals surface area contributed by atoms with E-state index in [9.17, 15) is 9.59 Å². The fourth-order valence-corrected chi connectivity index (χ4v) is 3.18. The van der Waals surface area contributed by atoms with Gasteiger partial charge in [0, 0.05) is 30.9 Å². The van der Waals surface area contributed by atoms with Crippen LogP contribution in [0.3, 0.4) is 0 Å². The molecule has 7 nitrogen and oxygen atoms in total. The molecule has 0 bridgehead atoms. The van der Waals surface area contributed by atoms with Gasteiger partial charge < -0.3 is 15.0 Å². The Bertz CT molecular complexity index is 767. The molecule has 1 fully saturated rings. The lowest BCUT2D eigenvalue weighted by molar-refractivity contribution is 0.0860. The number of carbonyl (C=O) groups is 2. The zero-order chi connectivity index (χ0) is 18.5. The number of amides is 2. The van der Waals surface area contributed by atoms with Crippen LogP contribution in [0.1, 0.15) is 30.1 Å². The highest BCUT2D eigenvalue weighted by atomic mass is 79.9. The summed E-state index contributed by atoms with van der Waals surface area (Å²) in [4.78, 5) is 25.8. The molecule has 0 unspecified atom stereocenters. The van der Waals surface area contributed by atoms with E-state index < -0.39 is 0 Å². The molecule has 0 atom stereocenters. The minimum Gasteiger partial charge on any atom is -0.450 e. The lowest BCUT2D eigenvalue weighted by atomic mass is 10.0. The van der Waals surface area contributed by atoms with Crippen molar-refractivity contribution < 1.29 is 14.3 Å². The monoisotopic (exact) mass is 420 g/mol. The molecule has 2 amide bonds. The van der Waals surface area contributed by atoms with Crippen molar-refractivity contribution in [3.63, 3.8) is 0 Å². The van der Waals surface area contributed by atoms with E-state index in [1.54, 1.807) is 34.8 Å². The second kappa shape index (κ2) is 8.35. The van der Waals surface area contributed by atoms with E-state index in [1.807, 2.05) is 18.3 Å². The third-order valence-corrected chi connectivity index (χ3v) is 4.71. The third kappa shape index (κ3) is 4.43. The average molecular weight is 421 g/mol. The second-order valence-corrected chi connectivity index (χ2v) is 7.00. The molecule has 1 aliphatic heterocycles. The molecule has 1 aliphatic rings. The number of aromatic nitrogens is 2. The second-order valence-electron chi connectivity index (χ2n) is 6.08. The average Bonchev–Trinajstić information content (AvgIpc) is 3.09. The molecule has 1 saturated heterocycles. The number of rotatable bonds is 4. The first-order chi connectivity index (χ1) is 12.6. The Morgan fingerprint density at radius 1 is 1.27 bits per heavy atom. The summed E-state index contributed by atoms with van der Waals surface area (Å²) in [6.45, 7) is 3.36. The van der Waals surface area contributed by atoms with E-state index in [-0.39, 0.29) is 18.0 Å². The number of piperidine rings is 1. The molecule has 8 heteroatoms. The number of nitrogens with zero attached hydrogens (tertiary/aromatic N) is 3. The van der Waals surface area contributed by atoms with Gasteiger partial charge in [-0.2, -0.15) is 5.10 Å². The van der Waals surface area contributed by atoms with Crippen molar-refractivity contribution in [2.24, 2.45) is 0 Å². The first kappa shape index (κ1) is 18.4. The van der Waals surface area contributed by atoms with Crippen molar-refractivity contribution in [3.8, 4) is 5.69 Å².